The number of ether oxygens (including phenoxy) is 1. The third kappa shape index (κ3) is 5.35. The van der Waals surface area contributed by atoms with Gasteiger partial charge in [-0.2, -0.15) is 5.10 Å². The maximum Gasteiger partial charge on any atom is 0.338 e. The van der Waals surface area contributed by atoms with Gasteiger partial charge in [0.1, 0.15) is 12.7 Å². The van der Waals surface area contributed by atoms with Crippen LogP contribution in [0.25, 0.3) is 0 Å². The van der Waals surface area contributed by atoms with Gasteiger partial charge in [-0.25, -0.2) is 14.5 Å². The highest BCUT2D eigenvalue weighted by Crippen LogP contribution is 2.12. The highest BCUT2D eigenvalue weighted by atomic mass is 16.5. The van der Waals surface area contributed by atoms with E-state index >= 15 is 0 Å². The van der Waals surface area contributed by atoms with E-state index in [0.29, 0.717) is 23.4 Å². The van der Waals surface area contributed by atoms with Crippen molar-refractivity contribution < 1.29 is 19.1 Å². The summed E-state index contributed by atoms with van der Waals surface area (Å²) < 4.78 is 6.91. The van der Waals surface area contributed by atoms with Crippen LogP contribution >= 0.6 is 0 Å². The number of aromatic nitrogens is 3. The van der Waals surface area contributed by atoms with Gasteiger partial charge in [-0.1, -0.05) is 12.1 Å². The summed E-state index contributed by atoms with van der Waals surface area (Å²) >= 11 is 0. The number of hydrogen-bond acceptors (Lipinski definition) is 6. The Hall–Kier alpha value is -3.81. The summed E-state index contributed by atoms with van der Waals surface area (Å²) in [6.45, 7) is 3.50. The van der Waals surface area contributed by atoms with Gasteiger partial charge in [0, 0.05) is 11.3 Å². The van der Waals surface area contributed by atoms with Crippen molar-refractivity contribution in [1.29, 1.82) is 0 Å². The first-order valence-corrected chi connectivity index (χ1v) is 8.96. The molecule has 3 rings (SSSR count). The molecule has 0 saturated heterocycles. The lowest BCUT2D eigenvalue weighted by atomic mass is 10.1. The molecule has 8 heteroatoms. The van der Waals surface area contributed by atoms with Gasteiger partial charge in [-0.15, -0.1) is 0 Å². The molecule has 0 radical (unpaired) electrons. The molecular weight excluding hydrogens is 372 g/mol. The summed E-state index contributed by atoms with van der Waals surface area (Å²) in [5.41, 5.74) is 2.36. The minimum atomic E-state index is -0.982. The lowest BCUT2D eigenvalue weighted by Gasteiger charge is -2.14. The largest absolute Gasteiger partial charge is 0.449 e. The van der Waals surface area contributed by atoms with Crippen molar-refractivity contribution in [2.75, 3.05) is 5.32 Å². The topological polar surface area (TPSA) is 103 Å². The average Bonchev–Trinajstić information content (AvgIpc) is 3.22. The second kappa shape index (κ2) is 8.92. The molecule has 148 valence electrons. The number of Topliss-reactive ketones (excluding diaryl/α,β-unsaturated/α-hetero) is 1. The molecule has 1 atom stereocenters. The van der Waals surface area contributed by atoms with Crippen molar-refractivity contribution in [1.82, 2.24) is 14.8 Å². The molecule has 0 aliphatic heterocycles. The Bertz CT molecular complexity index is 996. The second-order valence-corrected chi connectivity index (χ2v) is 6.46. The number of nitrogens with zero attached hydrogens (tertiary/aromatic N) is 3. The Morgan fingerprint density at radius 1 is 1.03 bits per heavy atom. The van der Waals surface area contributed by atoms with Crippen molar-refractivity contribution in [3.05, 3.63) is 77.9 Å². The molecule has 29 heavy (non-hydrogen) atoms. The number of ketones is 1. The molecule has 8 nitrogen and oxygen atoms in total. The van der Waals surface area contributed by atoms with E-state index in [1.54, 1.807) is 59.5 Å². The van der Waals surface area contributed by atoms with Crippen molar-refractivity contribution in [3.63, 3.8) is 0 Å². The third-order valence-electron chi connectivity index (χ3n) is 4.21. The minimum Gasteiger partial charge on any atom is -0.449 e. The van der Waals surface area contributed by atoms with Crippen LogP contribution in [-0.2, 0) is 16.1 Å². The maximum atomic E-state index is 12.3. The van der Waals surface area contributed by atoms with Gasteiger partial charge in [-0.3, -0.25) is 9.59 Å². The number of carbonyl (C=O) groups is 3. The van der Waals surface area contributed by atoms with Crippen LogP contribution in [0.2, 0.25) is 0 Å². The number of esters is 1. The molecule has 0 spiro atoms. The fraction of sp³-hybridized carbons (Fsp3) is 0.190. The number of benzene rings is 2. The Labute approximate surface area is 167 Å². The molecule has 1 unspecified atom stereocenters. The van der Waals surface area contributed by atoms with E-state index < -0.39 is 18.0 Å². The lowest BCUT2D eigenvalue weighted by molar-refractivity contribution is -0.123. The number of amides is 1. The van der Waals surface area contributed by atoms with E-state index in [4.69, 9.17) is 4.74 Å². The van der Waals surface area contributed by atoms with Gasteiger partial charge in [0.15, 0.2) is 11.9 Å². The quantitative estimate of drug-likeness (QED) is 0.490. The van der Waals surface area contributed by atoms with Crippen LogP contribution in [0.5, 0.6) is 0 Å². The number of nitrogens with one attached hydrogen (secondary N) is 1. The SMILES string of the molecule is CC(=O)c1ccc(NC(=O)C(C)OC(=O)c2ccc(Cn3cncn3)cc2)cc1. The van der Waals surface area contributed by atoms with Gasteiger partial charge in [0.05, 0.1) is 12.1 Å². The van der Waals surface area contributed by atoms with Gasteiger partial charge in [-0.05, 0) is 55.8 Å². The summed E-state index contributed by atoms with van der Waals surface area (Å²) in [4.78, 5) is 39.7. The highest BCUT2D eigenvalue weighted by Gasteiger charge is 2.19. The molecule has 0 aliphatic rings. The van der Waals surface area contributed by atoms with Gasteiger partial charge < -0.3 is 10.1 Å². The highest BCUT2D eigenvalue weighted by molar-refractivity contribution is 5.98. The summed E-state index contributed by atoms with van der Waals surface area (Å²) in [7, 11) is 0. The Kier molecular flexibility index (Phi) is 6.13. The zero-order valence-corrected chi connectivity index (χ0v) is 16.0. The van der Waals surface area contributed by atoms with Crippen molar-refractivity contribution >= 4 is 23.3 Å². The van der Waals surface area contributed by atoms with Crippen LogP contribution < -0.4 is 5.32 Å². The van der Waals surface area contributed by atoms with Crippen molar-refractivity contribution in [3.8, 4) is 0 Å². The summed E-state index contributed by atoms with van der Waals surface area (Å²) in [5, 5.41) is 6.68. The molecule has 2 aromatic carbocycles. The number of anilines is 1. The van der Waals surface area contributed by atoms with Crippen molar-refractivity contribution in [2.24, 2.45) is 0 Å². The van der Waals surface area contributed by atoms with E-state index in [9.17, 15) is 14.4 Å². The standard InChI is InChI=1S/C21H20N4O4/c1-14(26)17-7-9-19(10-8-17)24-20(27)15(2)29-21(28)18-5-3-16(4-6-18)11-25-13-22-12-23-25/h3-10,12-13,15H,11H2,1-2H3,(H,24,27). The smallest absolute Gasteiger partial charge is 0.338 e. The molecule has 1 amide bonds. The van der Waals surface area contributed by atoms with Crippen molar-refractivity contribution in [2.45, 2.75) is 26.5 Å². The molecule has 0 aliphatic carbocycles. The lowest BCUT2D eigenvalue weighted by Crippen LogP contribution is -2.30. The van der Waals surface area contributed by atoms with Crippen LogP contribution in [-0.4, -0.2) is 38.5 Å². The predicted octanol–water partition coefficient (Wildman–Crippen LogP) is 2.71. The number of rotatable bonds is 7. The van der Waals surface area contributed by atoms with Crippen LogP contribution in [0.4, 0.5) is 5.69 Å². The average molecular weight is 392 g/mol. The Balaban J connectivity index is 1.55. The molecular formula is C21H20N4O4. The number of hydrogen-bond donors (Lipinski definition) is 1. The monoisotopic (exact) mass is 392 g/mol. The fourth-order valence-electron chi connectivity index (χ4n) is 2.56. The van der Waals surface area contributed by atoms with Crippen LogP contribution in [0.15, 0.2) is 61.2 Å². The van der Waals surface area contributed by atoms with E-state index in [-0.39, 0.29) is 5.78 Å². The molecule has 0 fully saturated rings. The molecule has 1 aromatic heterocycles. The molecule has 1 N–H and O–H groups in total. The van der Waals surface area contributed by atoms with E-state index in [2.05, 4.69) is 15.4 Å². The zero-order chi connectivity index (χ0) is 20.8. The number of carbonyl (C=O) groups excluding carboxylic acids is 3. The Morgan fingerprint density at radius 3 is 2.28 bits per heavy atom. The van der Waals surface area contributed by atoms with E-state index in [1.807, 2.05) is 0 Å². The predicted molar refractivity (Wildman–Crippen MR) is 106 cm³/mol. The first kappa shape index (κ1) is 19.9. The second-order valence-electron chi connectivity index (χ2n) is 6.46. The van der Waals surface area contributed by atoms with Gasteiger partial charge in [0.25, 0.3) is 5.91 Å². The first-order chi connectivity index (χ1) is 13.9. The van der Waals surface area contributed by atoms with Gasteiger partial charge in [0.2, 0.25) is 0 Å². The zero-order valence-electron chi connectivity index (χ0n) is 16.0. The molecule has 3 aromatic rings. The van der Waals surface area contributed by atoms with Gasteiger partial charge >= 0.3 is 5.97 Å². The molecule has 0 bridgehead atoms. The maximum absolute atomic E-state index is 12.3. The first-order valence-electron chi connectivity index (χ1n) is 8.96. The third-order valence-corrected chi connectivity index (χ3v) is 4.21. The summed E-state index contributed by atoms with van der Waals surface area (Å²) in [5.74, 6) is -1.11. The molecule has 0 saturated carbocycles. The molecule has 1 heterocycles. The normalized spacial score (nSPS) is 11.5. The Morgan fingerprint density at radius 2 is 1.69 bits per heavy atom. The minimum absolute atomic E-state index is 0.0579. The van der Waals surface area contributed by atoms with Crippen LogP contribution in [0.3, 0.4) is 0 Å². The summed E-state index contributed by atoms with van der Waals surface area (Å²) in [6, 6.07) is 13.3. The van der Waals surface area contributed by atoms with E-state index in [1.165, 1.54) is 20.2 Å². The van der Waals surface area contributed by atoms with Crippen LogP contribution in [0.1, 0.15) is 40.1 Å². The summed E-state index contributed by atoms with van der Waals surface area (Å²) in [6.07, 6.45) is 2.08. The van der Waals surface area contributed by atoms with Crippen LogP contribution in [0, 0.1) is 0 Å². The fourth-order valence-corrected chi connectivity index (χ4v) is 2.56. The van der Waals surface area contributed by atoms with E-state index in [0.717, 1.165) is 5.56 Å².